The topological polar surface area (TPSA) is 75.6 Å². The average molecular weight is 442 g/mol. The highest BCUT2D eigenvalue weighted by Gasteiger charge is 2.18. The van der Waals surface area contributed by atoms with E-state index in [1.807, 2.05) is 38.2 Å². The highest BCUT2D eigenvalue weighted by Crippen LogP contribution is 2.23. The Bertz CT molecular complexity index is 1230. The molecule has 0 atom stereocenters. The van der Waals surface area contributed by atoms with Gasteiger partial charge in [-0.1, -0.05) is 29.3 Å². The van der Waals surface area contributed by atoms with Crippen LogP contribution in [0.3, 0.4) is 0 Å². The van der Waals surface area contributed by atoms with Crippen molar-refractivity contribution in [2.75, 3.05) is 6.54 Å². The van der Waals surface area contributed by atoms with Gasteiger partial charge in [0.25, 0.3) is 0 Å². The summed E-state index contributed by atoms with van der Waals surface area (Å²) in [5.41, 5.74) is 5.61. The maximum atomic E-state index is 12.7. The second kappa shape index (κ2) is 8.50. The number of benzene rings is 1. The maximum absolute atomic E-state index is 12.7. The van der Waals surface area contributed by atoms with E-state index in [4.69, 9.17) is 23.2 Å². The smallest absolute Gasteiger partial charge is 0.342 e. The van der Waals surface area contributed by atoms with Crippen LogP contribution in [0.2, 0.25) is 10.0 Å². The second-order valence-corrected chi connectivity index (χ2v) is 8.01. The van der Waals surface area contributed by atoms with E-state index in [1.165, 1.54) is 4.68 Å². The Morgan fingerprint density at radius 2 is 2.03 bits per heavy atom. The second-order valence-electron chi connectivity index (χ2n) is 7.17. The van der Waals surface area contributed by atoms with Gasteiger partial charge in [-0.25, -0.2) is 9.78 Å². The molecule has 0 fully saturated rings. The highest BCUT2D eigenvalue weighted by atomic mass is 35.5. The number of aromatic amines is 1. The number of aryl methyl sites for hydroxylation is 1. The van der Waals surface area contributed by atoms with Crippen LogP contribution in [0.1, 0.15) is 28.1 Å². The lowest BCUT2D eigenvalue weighted by Gasteiger charge is -2.08. The Morgan fingerprint density at radius 3 is 2.83 bits per heavy atom. The average Bonchev–Trinajstić information content (AvgIpc) is 3.26. The van der Waals surface area contributed by atoms with Crippen LogP contribution in [-0.4, -0.2) is 32.3 Å². The molecule has 4 aromatic rings. The maximum Gasteiger partial charge on any atom is 0.342 e. The first-order chi connectivity index (χ1) is 14.4. The number of carbonyl (C=O) groups excluding carboxylic acids is 1. The molecule has 3 heterocycles. The molecule has 3 aromatic heterocycles. The molecule has 6 nitrogen and oxygen atoms in total. The van der Waals surface area contributed by atoms with E-state index in [9.17, 15) is 4.79 Å². The van der Waals surface area contributed by atoms with E-state index in [0.29, 0.717) is 29.4 Å². The van der Waals surface area contributed by atoms with Crippen LogP contribution in [0.25, 0.3) is 11.0 Å². The van der Waals surface area contributed by atoms with Crippen LogP contribution in [-0.2, 0) is 12.8 Å². The van der Waals surface area contributed by atoms with Crippen molar-refractivity contribution in [2.24, 2.45) is 0 Å². The molecule has 0 saturated carbocycles. The van der Waals surface area contributed by atoms with Gasteiger partial charge >= 0.3 is 6.03 Å². The number of halogens is 2. The third-order valence-corrected chi connectivity index (χ3v) is 5.81. The lowest BCUT2D eigenvalue weighted by atomic mass is 10.0. The molecule has 0 aliphatic rings. The van der Waals surface area contributed by atoms with Crippen LogP contribution in [0, 0.1) is 13.8 Å². The van der Waals surface area contributed by atoms with E-state index in [0.717, 1.165) is 39.1 Å². The van der Waals surface area contributed by atoms with Crippen LogP contribution in [0.5, 0.6) is 0 Å². The van der Waals surface area contributed by atoms with Crippen molar-refractivity contribution >= 4 is 40.3 Å². The summed E-state index contributed by atoms with van der Waals surface area (Å²) in [5.74, 6) is 0. The zero-order chi connectivity index (χ0) is 21.3. The molecule has 0 spiro atoms. The molecule has 154 valence electrons. The zero-order valence-electron chi connectivity index (χ0n) is 16.7. The molecular formula is C22H21Cl2N5O. The first kappa shape index (κ1) is 20.4. The molecule has 2 N–H and O–H groups in total. The van der Waals surface area contributed by atoms with E-state index < -0.39 is 0 Å². The monoisotopic (exact) mass is 441 g/mol. The fourth-order valence-corrected chi connectivity index (χ4v) is 4.08. The number of aromatic nitrogens is 4. The number of hydrogen-bond acceptors (Lipinski definition) is 3. The molecular weight excluding hydrogens is 421 g/mol. The first-order valence-electron chi connectivity index (χ1n) is 9.62. The summed E-state index contributed by atoms with van der Waals surface area (Å²) in [6.45, 7) is 4.28. The summed E-state index contributed by atoms with van der Waals surface area (Å²) in [4.78, 5) is 20.2. The van der Waals surface area contributed by atoms with Gasteiger partial charge in [0.1, 0.15) is 5.65 Å². The van der Waals surface area contributed by atoms with Gasteiger partial charge in [-0.05, 0) is 55.7 Å². The molecule has 1 amide bonds. The van der Waals surface area contributed by atoms with Gasteiger partial charge in [0.2, 0.25) is 0 Å². The standard InChI is InChI=1S/C22H21Cl2N5O/c1-13-19(10-16-12-27-21-18(16)4-3-8-25-21)14(2)29(28-13)22(30)26-9-7-15-5-6-17(23)11-20(15)24/h3-6,8,11-12H,7,9-10H2,1-2H3,(H,25,27)(H,26,30). The summed E-state index contributed by atoms with van der Waals surface area (Å²) in [6.07, 6.45) is 5.01. The molecule has 0 bridgehead atoms. The summed E-state index contributed by atoms with van der Waals surface area (Å²) in [6, 6.07) is 9.06. The Kier molecular flexibility index (Phi) is 5.79. The third kappa shape index (κ3) is 4.06. The van der Waals surface area contributed by atoms with Gasteiger partial charge in [-0.2, -0.15) is 9.78 Å². The predicted octanol–water partition coefficient (Wildman–Crippen LogP) is 5.07. The van der Waals surface area contributed by atoms with E-state index in [-0.39, 0.29) is 6.03 Å². The summed E-state index contributed by atoms with van der Waals surface area (Å²) < 4.78 is 1.43. The van der Waals surface area contributed by atoms with Crippen molar-refractivity contribution in [3.63, 3.8) is 0 Å². The van der Waals surface area contributed by atoms with E-state index in [1.54, 1.807) is 18.3 Å². The van der Waals surface area contributed by atoms with Gasteiger partial charge in [0.05, 0.1) is 5.69 Å². The van der Waals surface area contributed by atoms with Crippen LogP contribution in [0.15, 0.2) is 42.7 Å². The molecule has 1 aromatic carbocycles. The van der Waals surface area contributed by atoms with Crippen molar-refractivity contribution in [1.29, 1.82) is 0 Å². The Balaban J connectivity index is 1.46. The summed E-state index contributed by atoms with van der Waals surface area (Å²) in [5, 5.41) is 9.64. The normalized spacial score (nSPS) is 11.2. The van der Waals surface area contributed by atoms with Crippen molar-refractivity contribution < 1.29 is 4.79 Å². The molecule has 0 radical (unpaired) electrons. The lowest BCUT2D eigenvalue weighted by Crippen LogP contribution is -2.31. The van der Waals surface area contributed by atoms with Crippen LogP contribution in [0.4, 0.5) is 4.79 Å². The number of rotatable bonds is 5. The Labute approximate surface area is 184 Å². The summed E-state index contributed by atoms with van der Waals surface area (Å²) in [7, 11) is 0. The Hall–Kier alpha value is -2.83. The minimum atomic E-state index is -0.257. The van der Waals surface area contributed by atoms with Gasteiger partial charge in [0.15, 0.2) is 0 Å². The molecule has 30 heavy (non-hydrogen) atoms. The number of nitrogens with zero attached hydrogens (tertiary/aromatic N) is 3. The van der Waals surface area contributed by atoms with Crippen molar-refractivity contribution in [2.45, 2.75) is 26.7 Å². The number of hydrogen-bond donors (Lipinski definition) is 2. The predicted molar refractivity (Wildman–Crippen MR) is 120 cm³/mol. The number of fused-ring (bicyclic) bond motifs is 1. The third-order valence-electron chi connectivity index (χ3n) is 5.22. The summed E-state index contributed by atoms with van der Waals surface area (Å²) >= 11 is 12.1. The van der Waals surface area contributed by atoms with Gasteiger partial charge in [-0.3, -0.25) is 0 Å². The fraction of sp³-hybridized carbons (Fsp3) is 0.227. The van der Waals surface area contributed by atoms with Crippen LogP contribution >= 0.6 is 23.2 Å². The fourth-order valence-electron chi connectivity index (χ4n) is 3.58. The number of H-pyrrole nitrogens is 1. The number of carbonyl (C=O) groups is 1. The first-order valence-corrected chi connectivity index (χ1v) is 10.4. The van der Waals surface area contributed by atoms with Crippen molar-refractivity contribution in [1.82, 2.24) is 25.1 Å². The molecule has 0 unspecified atom stereocenters. The molecule has 4 rings (SSSR count). The molecule has 0 aliphatic carbocycles. The molecule has 0 saturated heterocycles. The molecule has 0 aliphatic heterocycles. The minimum absolute atomic E-state index is 0.257. The van der Waals surface area contributed by atoms with Gasteiger partial charge in [0, 0.05) is 52.0 Å². The SMILES string of the molecule is Cc1nn(C(=O)NCCc2ccc(Cl)cc2Cl)c(C)c1Cc1c[nH]c2ncccc12. The minimum Gasteiger partial charge on any atom is -0.346 e. The molecule has 8 heteroatoms. The van der Waals surface area contributed by atoms with E-state index in [2.05, 4.69) is 20.4 Å². The largest absolute Gasteiger partial charge is 0.346 e. The lowest BCUT2D eigenvalue weighted by molar-refractivity contribution is 0.239. The van der Waals surface area contributed by atoms with E-state index >= 15 is 0 Å². The zero-order valence-corrected chi connectivity index (χ0v) is 18.2. The van der Waals surface area contributed by atoms with Crippen molar-refractivity contribution in [3.05, 3.63) is 80.8 Å². The number of pyridine rings is 1. The Morgan fingerprint density at radius 1 is 1.20 bits per heavy atom. The van der Waals surface area contributed by atoms with Gasteiger partial charge < -0.3 is 10.3 Å². The number of nitrogens with one attached hydrogen (secondary N) is 2. The number of amides is 1. The highest BCUT2D eigenvalue weighted by molar-refractivity contribution is 6.35. The van der Waals surface area contributed by atoms with Crippen LogP contribution < -0.4 is 5.32 Å². The van der Waals surface area contributed by atoms with Crippen molar-refractivity contribution in [3.8, 4) is 0 Å². The quantitative estimate of drug-likeness (QED) is 0.453. The van der Waals surface area contributed by atoms with Gasteiger partial charge in [-0.15, -0.1) is 0 Å².